The predicted octanol–water partition coefficient (Wildman–Crippen LogP) is -0.0115. The van der Waals surface area contributed by atoms with E-state index in [1.807, 2.05) is 0 Å². The maximum atomic E-state index is 11.8. The molecule has 1 unspecified atom stereocenters. The predicted molar refractivity (Wildman–Crippen MR) is 44.8 cm³/mol. The number of imide groups is 1. The van der Waals surface area contributed by atoms with Crippen molar-refractivity contribution >= 4 is 11.8 Å². The zero-order valence-electron chi connectivity index (χ0n) is 7.80. The van der Waals surface area contributed by atoms with Crippen LogP contribution in [0.4, 0.5) is 8.78 Å². The molecule has 0 aromatic rings. The number of nitrogens with one attached hydrogen (secondary N) is 1. The Labute approximate surface area is 80.3 Å². The molecule has 0 saturated carbocycles. The summed E-state index contributed by atoms with van der Waals surface area (Å²) in [4.78, 5) is 23.6. The number of hydrogen-bond acceptors (Lipinski definition) is 3. The first kappa shape index (κ1) is 11.0. The zero-order chi connectivity index (χ0) is 10.7. The normalized spacial score (nSPS) is 22.6. The highest BCUT2D eigenvalue weighted by molar-refractivity contribution is 6.05. The van der Waals surface area contributed by atoms with Gasteiger partial charge >= 0.3 is 0 Å². The van der Waals surface area contributed by atoms with Gasteiger partial charge in [-0.25, -0.2) is 8.78 Å². The lowest BCUT2D eigenvalue weighted by atomic mass is 10.2. The Hall–Kier alpha value is -1.04. The molecule has 0 aromatic carbocycles. The number of hydrogen-bond donors (Lipinski definition) is 1. The van der Waals surface area contributed by atoms with Gasteiger partial charge < -0.3 is 0 Å². The van der Waals surface area contributed by atoms with E-state index in [0.717, 1.165) is 4.90 Å². The molecule has 0 aliphatic carbocycles. The molecule has 2 amide bonds. The minimum atomic E-state index is -2.51. The van der Waals surface area contributed by atoms with Gasteiger partial charge in [0, 0.05) is 6.54 Å². The molecule has 80 valence electrons. The summed E-state index contributed by atoms with van der Waals surface area (Å²) < 4.78 is 23.6. The molecule has 0 spiro atoms. The Balaban J connectivity index is 2.49. The van der Waals surface area contributed by atoms with Crippen LogP contribution in [0, 0.1) is 0 Å². The van der Waals surface area contributed by atoms with E-state index in [2.05, 4.69) is 5.32 Å². The van der Waals surface area contributed by atoms with E-state index in [-0.39, 0.29) is 12.3 Å². The maximum Gasteiger partial charge on any atom is 0.250 e. The second kappa shape index (κ2) is 4.45. The van der Waals surface area contributed by atoms with Crippen molar-refractivity contribution in [1.82, 2.24) is 10.2 Å². The van der Waals surface area contributed by atoms with Gasteiger partial charge in [-0.05, 0) is 6.92 Å². The summed E-state index contributed by atoms with van der Waals surface area (Å²) in [6, 6.07) is -0.767. The average Bonchev–Trinajstić information content (AvgIpc) is 2.38. The van der Waals surface area contributed by atoms with Gasteiger partial charge in [0.15, 0.2) is 0 Å². The summed E-state index contributed by atoms with van der Waals surface area (Å²) in [5, 5.41) is 2.36. The lowest BCUT2D eigenvalue weighted by Gasteiger charge is -2.12. The summed E-state index contributed by atoms with van der Waals surface area (Å²) in [5.74, 6) is -0.706. The third-order valence-corrected chi connectivity index (χ3v) is 2.08. The fourth-order valence-electron chi connectivity index (χ4n) is 1.41. The van der Waals surface area contributed by atoms with Gasteiger partial charge in [-0.15, -0.1) is 0 Å². The van der Waals surface area contributed by atoms with Crippen LogP contribution in [0.2, 0.25) is 0 Å². The smallest absolute Gasteiger partial charge is 0.250 e. The van der Waals surface area contributed by atoms with E-state index in [1.54, 1.807) is 6.92 Å². The van der Waals surface area contributed by atoms with Gasteiger partial charge in [-0.2, -0.15) is 0 Å². The topological polar surface area (TPSA) is 49.4 Å². The lowest BCUT2D eigenvalue weighted by Crippen LogP contribution is -2.40. The molecule has 1 aliphatic rings. The van der Waals surface area contributed by atoms with Gasteiger partial charge in [-0.3, -0.25) is 19.8 Å². The number of nitrogens with zero attached hydrogens (tertiary/aromatic N) is 1. The molecule has 0 aromatic heterocycles. The minimum Gasteiger partial charge on any atom is -0.300 e. The van der Waals surface area contributed by atoms with Gasteiger partial charge in [0.2, 0.25) is 11.8 Å². The summed E-state index contributed by atoms with van der Waals surface area (Å²) in [6.45, 7) is 1.41. The molecule has 6 heteroatoms. The van der Waals surface area contributed by atoms with Crippen LogP contribution in [0.15, 0.2) is 0 Å². The fraction of sp³-hybridized carbons (Fsp3) is 0.750. The molecule has 1 fully saturated rings. The highest BCUT2D eigenvalue weighted by Gasteiger charge is 2.37. The molecule has 1 heterocycles. The van der Waals surface area contributed by atoms with Crippen LogP contribution in [0.25, 0.3) is 0 Å². The molecule has 0 radical (unpaired) electrons. The van der Waals surface area contributed by atoms with Crippen molar-refractivity contribution in [3.05, 3.63) is 0 Å². The molecule has 1 rings (SSSR count). The molecule has 1 N–H and O–H groups in total. The molecular formula is C8H12F2N2O2. The number of likely N-dealkylation sites (N-methyl/N-ethyl adjacent to an activating group) is 1. The van der Waals surface area contributed by atoms with Crippen molar-refractivity contribution in [2.75, 3.05) is 13.1 Å². The largest absolute Gasteiger partial charge is 0.300 e. The lowest BCUT2D eigenvalue weighted by molar-refractivity contribution is -0.138. The van der Waals surface area contributed by atoms with Crippen molar-refractivity contribution in [3.63, 3.8) is 0 Å². The van der Waals surface area contributed by atoms with Gasteiger partial charge in [0.1, 0.15) is 0 Å². The Morgan fingerprint density at radius 2 is 2.21 bits per heavy atom. The standard InChI is InChI=1S/C8H12F2N2O2/c1-2-12-7(13)3-5(8(12)14)11-4-6(9)10/h5-6,11H,2-4H2,1H3. The molecule has 1 atom stereocenters. The quantitative estimate of drug-likeness (QED) is 0.658. The average molecular weight is 206 g/mol. The highest BCUT2D eigenvalue weighted by Crippen LogP contribution is 2.12. The first-order valence-corrected chi connectivity index (χ1v) is 4.42. The summed E-state index contributed by atoms with van der Waals surface area (Å²) in [5.41, 5.74) is 0. The number of carbonyl (C=O) groups excluding carboxylic acids is 2. The monoisotopic (exact) mass is 206 g/mol. The summed E-state index contributed by atoms with van der Waals surface area (Å²) in [6.07, 6.45) is -2.52. The third kappa shape index (κ3) is 2.25. The Bertz CT molecular complexity index is 245. The number of carbonyl (C=O) groups is 2. The van der Waals surface area contributed by atoms with Crippen LogP contribution in [-0.2, 0) is 9.59 Å². The second-order valence-corrected chi connectivity index (χ2v) is 3.03. The first-order chi connectivity index (χ1) is 6.56. The van der Waals surface area contributed by atoms with Gasteiger partial charge in [0.25, 0.3) is 6.43 Å². The van der Waals surface area contributed by atoms with E-state index >= 15 is 0 Å². The summed E-state index contributed by atoms with van der Waals surface area (Å²) in [7, 11) is 0. The molecular weight excluding hydrogens is 194 g/mol. The molecule has 1 saturated heterocycles. The van der Waals surface area contributed by atoms with Crippen molar-refractivity contribution < 1.29 is 18.4 Å². The van der Waals surface area contributed by atoms with Crippen LogP contribution < -0.4 is 5.32 Å². The molecule has 1 aliphatic heterocycles. The molecule has 4 nitrogen and oxygen atoms in total. The minimum absolute atomic E-state index is 0.0145. The van der Waals surface area contributed by atoms with E-state index in [0.29, 0.717) is 6.54 Å². The van der Waals surface area contributed by atoms with Crippen molar-refractivity contribution in [2.24, 2.45) is 0 Å². The van der Waals surface area contributed by atoms with Crippen LogP contribution in [0.1, 0.15) is 13.3 Å². The Kier molecular flexibility index (Phi) is 3.51. The number of likely N-dealkylation sites (tertiary alicyclic amines) is 1. The second-order valence-electron chi connectivity index (χ2n) is 3.03. The van der Waals surface area contributed by atoms with E-state index in [4.69, 9.17) is 0 Å². The number of amides is 2. The SMILES string of the molecule is CCN1C(=O)CC(NCC(F)F)C1=O. The van der Waals surface area contributed by atoms with Crippen LogP contribution in [-0.4, -0.2) is 42.3 Å². The number of alkyl halides is 2. The van der Waals surface area contributed by atoms with Gasteiger partial charge in [0.05, 0.1) is 19.0 Å². The van der Waals surface area contributed by atoms with Crippen molar-refractivity contribution in [1.29, 1.82) is 0 Å². The first-order valence-electron chi connectivity index (χ1n) is 4.42. The van der Waals surface area contributed by atoms with Gasteiger partial charge in [-0.1, -0.05) is 0 Å². The Morgan fingerprint density at radius 3 is 2.64 bits per heavy atom. The number of halogens is 2. The Morgan fingerprint density at radius 1 is 1.57 bits per heavy atom. The maximum absolute atomic E-state index is 11.8. The highest BCUT2D eigenvalue weighted by atomic mass is 19.3. The number of rotatable bonds is 4. The zero-order valence-corrected chi connectivity index (χ0v) is 7.80. The van der Waals surface area contributed by atoms with Crippen LogP contribution in [0.5, 0.6) is 0 Å². The summed E-state index contributed by atoms with van der Waals surface area (Å²) >= 11 is 0. The third-order valence-electron chi connectivity index (χ3n) is 2.08. The van der Waals surface area contributed by atoms with Crippen LogP contribution in [0.3, 0.4) is 0 Å². The van der Waals surface area contributed by atoms with Crippen molar-refractivity contribution in [3.8, 4) is 0 Å². The van der Waals surface area contributed by atoms with E-state index in [9.17, 15) is 18.4 Å². The van der Waals surface area contributed by atoms with Crippen molar-refractivity contribution in [2.45, 2.75) is 25.8 Å². The fourth-order valence-corrected chi connectivity index (χ4v) is 1.41. The molecule has 14 heavy (non-hydrogen) atoms. The van der Waals surface area contributed by atoms with E-state index < -0.39 is 24.9 Å². The van der Waals surface area contributed by atoms with Crippen LogP contribution >= 0.6 is 0 Å². The van der Waals surface area contributed by atoms with E-state index in [1.165, 1.54) is 0 Å². The molecule has 0 bridgehead atoms.